The van der Waals surface area contributed by atoms with Crippen molar-refractivity contribution in [3.63, 3.8) is 0 Å². The Bertz CT molecular complexity index is 728. The molecule has 29 heavy (non-hydrogen) atoms. The molecule has 1 aromatic carbocycles. The predicted molar refractivity (Wildman–Crippen MR) is 109 cm³/mol. The van der Waals surface area contributed by atoms with Crippen LogP contribution in [0.4, 0.5) is 4.79 Å². The summed E-state index contributed by atoms with van der Waals surface area (Å²) in [6, 6.07) is 6.90. The van der Waals surface area contributed by atoms with Gasteiger partial charge in [0.25, 0.3) is 11.8 Å². The van der Waals surface area contributed by atoms with Crippen molar-refractivity contribution in [3.8, 4) is 0 Å². The Morgan fingerprint density at radius 1 is 1.03 bits per heavy atom. The first-order valence-corrected chi connectivity index (χ1v) is 9.64. The van der Waals surface area contributed by atoms with Crippen LogP contribution in [0.1, 0.15) is 58.3 Å². The first-order valence-electron chi connectivity index (χ1n) is 9.64. The van der Waals surface area contributed by atoms with Crippen LogP contribution in [0.3, 0.4) is 0 Å². The van der Waals surface area contributed by atoms with Gasteiger partial charge in [-0.2, -0.15) is 0 Å². The molecule has 8 nitrogen and oxygen atoms in total. The number of ether oxygens (including phenoxy) is 1. The molecule has 0 saturated heterocycles. The summed E-state index contributed by atoms with van der Waals surface area (Å²) >= 11 is 0. The van der Waals surface area contributed by atoms with Gasteiger partial charge in [0.05, 0.1) is 0 Å². The van der Waals surface area contributed by atoms with Gasteiger partial charge in [0.15, 0.2) is 6.10 Å². The van der Waals surface area contributed by atoms with Crippen LogP contribution in [0.15, 0.2) is 30.3 Å². The van der Waals surface area contributed by atoms with Gasteiger partial charge in [-0.25, -0.2) is 9.59 Å². The van der Waals surface area contributed by atoms with E-state index >= 15 is 0 Å². The lowest BCUT2D eigenvalue weighted by molar-refractivity contribution is -0.157. The summed E-state index contributed by atoms with van der Waals surface area (Å²) in [5, 5.41) is 7.40. The van der Waals surface area contributed by atoms with Crippen LogP contribution >= 0.6 is 0 Å². The van der Waals surface area contributed by atoms with Crippen LogP contribution in [0.25, 0.3) is 0 Å². The number of amides is 4. The van der Waals surface area contributed by atoms with Crippen molar-refractivity contribution in [2.75, 3.05) is 0 Å². The second-order valence-electron chi connectivity index (χ2n) is 7.98. The molecule has 4 amide bonds. The highest BCUT2D eigenvalue weighted by atomic mass is 16.5. The highest BCUT2D eigenvalue weighted by Gasteiger charge is 2.31. The Kier molecular flexibility index (Phi) is 8.82. The van der Waals surface area contributed by atoms with Gasteiger partial charge in [-0.15, -0.1) is 0 Å². The summed E-state index contributed by atoms with van der Waals surface area (Å²) in [4.78, 5) is 49.0. The number of urea groups is 1. The molecule has 1 aromatic rings. The largest absolute Gasteiger partial charge is 0.451 e. The van der Waals surface area contributed by atoms with Crippen molar-refractivity contribution >= 4 is 23.8 Å². The monoisotopic (exact) mass is 405 g/mol. The third-order valence-electron chi connectivity index (χ3n) is 4.18. The summed E-state index contributed by atoms with van der Waals surface area (Å²) in [6.07, 6.45) is -0.586. The number of rotatable bonds is 7. The van der Waals surface area contributed by atoms with Gasteiger partial charge in [-0.1, -0.05) is 38.5 Å². The van der Waals surface area contributed by atoms with Crippen LogP contribution in [-0.2, 0) is 14.3 Å². The summed E-state index contributed by atoms with van der Waals surface area (Å²) in [5.74, 6) is -2.11. The minimum absolute atomic E-state index is 0.213. The number of benzene rings is 1. The second-order valence-corrected chi connectivity index (χ2v) is 7.98. The van der Waals surface area contributed by atoms with E-state index in [4.69, 9.17) is 4.74 Å². The Hall–Kier alpha value is -2.90. The Morgan fingerprint density at radius 2 is 1.62 bits per heavy atom. The SMILES string of the molecule is CC[C@H](C)[C@H](NC(=O)c1ccccc1)C(=O)O[C@@H](C)C(=O)NC(=O)NC(C)(C)C. The van der Waals surface area contributed by atoms with Gasteiger partial charge in [0.1, 0.15) is 6.04 Å². The van der Waals surface area contributed by atoms with E-state index < -0.39 is 41.5 Å². The van der Waals surface area contributed by atoms with E-state index in [1.807, 2.05) is 6.92 Å². The normalized spacial score (nSPS) is 14.1. The molecule has 0 aromatic heterocycles. The van der Waals surface area contributed by atoms with E-state index in [1.54, 1.807) is 58.0 Å². The van der Waals surface area contributed by atoms with E-state index in [0.29, 0.717) is 12.0 Å². The van der Waals surface area contributed by atoms with Crippen molar-refractivity contribution in [2.45, 2.75) is 65.6 Å². The lowest BCUT2D eigenvalue weighted by atomic mass is 9.98. The topological polar surface area (TPSA) is 114 Å². The molecule has 0 saturated carbocycles. The standard InChI is InChI=1S/C21H31N3O5/c1-7-13(2)16(22-18(26)15-11-9-8-10-12-15)19(27)29-14(3)17(25)23-20(28)24-21(4,5)6/h8-14,16H,7H2,1-6H3,(H,22,26)(H2,23,24,25,28)/t13-,14-,16-/m0/s1. The van der Waals surface area contributed by atoms with Crippen LogP contribution in [-0.4, -0.2) is 41.5 Å². The fourth-order valence-electron chi connectivity index (χ4n) is 2.37. The first kappa shape index (κ1) is 24.1. The third kappa shape index (κ3) is 8.33. The molecular formula is C21H31N3O5. The Morgan fingerprint density at radius 3 is 2.14 bits per heavy atom. The molecule has 3 N–H and O–H groups in total. The second kappa shape index (κ2) is 10.6. The molecule has 3 atom stereocenters. The smallest absolute Gasteiger partial charge is 0.329 e. The fraction of sp³-hybridized carbons (Fsp3) is 0.524. The number of esters is 1. The van der Waals surface area contributed by atoms with Crippen LogP contribution in [0, 0.1) is 5.92 Å². The van der Waals surface area contributed by atoms with E-state index in [-0.39, 0.29) is 5.92 Å². The minimum atomic E-state index is -1.20. The van der Waals surface area contributed by atoms with Crippen molar-refractivity contribution in [1.82, 2.24) is 16.0 Å². The zero-order valence-electron chi connectivity index (χ0n) is 17.9. The summed E-state index contributed by atoms with van der Waals surface area (Å²) in [7, 11) is 0. The average molecular weight is 405 g/mol. The Labute approximate surface area is 171 Å². The first-order chi connectivity index (χ1) is 13.4. The lowest BCUT2D eigenvalue weighted by Crippen LogP contribution is -2.52. The van der Waals surface area contributed by atoms with Gasteiger partial charge < -0.3 is 15.4 Å². The maximum atomic E-state index is 12.6. The van der Waals surface area contributed by atoms with Crippen LogP contribution < -0.4 is 16.0 Å². The zero-order chi connectivity index (χ0) is 22.2. The zero-order valence-corrected chi connectivity index (χ0v) is 17.9. The van der Waals surface area contributed by atoms with E-state index in [0.717, 1.165) is 0 Å². The average Bonchev–Trinajstić information content (AvgIpc) is 2.64. The molecule has 0 aliphatic heterocycles. The molecule has 0 heterocycles. The summed E-state index contributed by atoms with van der Waals surface area (Å²) in [6.45, 7) is 10.4. The summed E-state index contributed by atoms with van der Waals surface area (Å²) < 4.78 is 5.22. The molecule has 8 heteroatoms. The number of hydrogen-bond acceptors (Lipinski definition) is 5. The van der Waals surface area contributed by atoms with Crippen LogP contribution in [0.5, 0.6) is 0 Å². The van der Waals surface area contributed by atoms with E-state index in [1.165, 1.54) is 6.92 Å². The lowest BCUT2D eigenvalue weighted by Gasteiger charge is -2.25. The van der Waals surface area contributed by atoms with Gasteiger partial charge in [-0.3, -0.25) is 14.9 Å². The number of carbonyl (C=O) groups excluding carboxylic acids is 4. The van der Waals surface area contributed by atoms with Gasteiger partial charge >= 0.3 is 12.0 Å². The predicted octanol–water partition coefficient (Wildman–Crippen LogP) is 2.39. The van der Waals surface area contributed by atoms with Crippen molar-refractivity contribution in [3.05, 3.63) is 35.9 Å². The van der Waals surface area contributed by atoms with Gasteiger partial charge in [0.2, 0.25) is 0 Å². The molecule has 0 fully saturated rings. The minimum Gasteiger partial charge on any atom is -0.451 e. The highest BCUT2D eigenvalue weighted by Crippen LogP contribution is 2.12. The fourth-order valence-corrected chi connectivity index (χ4v) is 2.37. The molecule has 0 spiro atoms. The number of carbonyl (C=O) groups is 4. The molecular weight excluding hydrogens is 374 g/mol. The van der Waals surface area contributed by atoms with E-state index in [2.05, 4.69) is 16.0 Å². The van der Waals surface area contributed by atoms with Crippen molar-refractivity contribution in [2.24, 2.45) is 5.92 Å². The number of imide groups is 1. The molecule has 160 valence electrons. The Balaban J connectivity index is 2.75. The quantitative estimate of drug-likeness (QED) is 0.603. The van der Waals surface area contributed by atoms with Crippen LogP contribution in [0.2, 0.25) is 0 Å². The molecule has 0 aliphatic rings. The van der Waals surface area contributed by atoms with Gasteiger partial charge in [-0.05, 0) is 45.7 Å². The molecule has 0 unspecified atom stereocenters. The number of nitrogens with one attached hydrogen (secondary N) is 3. The number of hydrogen-bond donors (Lipinski definition) is 3. The highest BCUT2D eigenvalue weighted by molar-refractivity contribution is 5.99. The maximum absolute atomic E-state index is 12.6. The van der Waals surface area contributed by atoms with E-state index in [9.17, 15) is 19.2 Å². The summed E-state index contributed by atoms with van der Waals surface area (Å²) in [5.41, 5.74) is -0.105. The van der Waals surface area contributed by atoms with Crippen molar-refractivity contribution in [1.29, 1.82) is 0 Å². The molecule has 0 radical (unpaired) electrons. The third-order valence-corrected chi connectivity index (χ3v) is 4.18. The molecule has 0 aliphatic carbocycles. The van der Waals surface area contributed by atoms with Crippen molar-refractivity contribution < 1.29 is 23.9 Å². The molecule has 0 bridgehead atoms. The maximum Gasteiger partial charge on any atom is 0.329 e. The molecule has 1 rings (SSSR count). The van der Waals surface area contributed by atoms with Gasteiger partial charge in [0, 0.05) is 11.1 Å².